The first-order valence-corrected chi connectivity index (χ1v) is 8.71. The minimum atomic E-state index is -3.53. The molecule has 1 aliphatic rings. The van der Waals surface area contributed by atoms with Gasteiger partial charge in [-0.05, 0) is 62.8 Å². The molecule has 1 saturated carbocycles. The van der Waals surface area contributed by atoms with Crippen LogP contribution in [0, 0.1) is 39.0 Å². The molecule has 1 aliphatic carbocycles. The Kier molecular flexibility index (Phi) is 4.40. The van der Waals surface area contributed by atoms with Gasteiger partial charge in [-0.25, -0.2) is 8.42 Å². The molecule has 5 heteroatoms. The number of nitriles is 1. The summed E-state index contributed by atoms with van der Waals surface area (Å²) in [5.41, 5.74) is 3.63. The Bertz CT molecular complexity index is 672. The van der Waals surface area contributed by atoms with Gasteiger partial charge in [-0.15, -0.1) is 0 Å². The minimum absolute atomic E-state index is 0.0722. The number of benzene rings is 1. The molecular formula is C16H22N2O2S. The van der Waals surface area contributed by atoms with Crippen LogP contribution in [-0.2, 0) is 10.0 Å². The Morgan fingerprint density at radius 3 is 2.14 bits per heavy atom. The van der Waals surface area contributed by atoms with E-state index in [1.807, 2.05) is 33.8 Å². The molecule has 0 spiro atoms. The van der Waals surface area contributed by atoms with E-state index in [0.29, 0.717) is 4.90 Å². The predicted octanol–water partition coefficient (Wildman–Crippen LogP) is 2.99. The number of hydrogen-bond acceptors (Lipinski definition) is 3. The van der Waals surface area contributed by atoms with Crippen molar-refractivity contribution in [2.45, 2.75) is 57.9 Å². The molecule has 0 unspecified atom stereocenters. The first-order valence-electron chi connectivity index (χ1n) is 7.27. The van der Waals surface area contributed by atoms with Crippen molar-refractivity contribution in [2.24, 2.45) is 0 Å². The molecule has 4 nitrogen and oxygen atoms in total. The van der Waals surface area contributed by atoms with Crippen LogP contribution in [0.3, 0.4) is 0 Å². The van der Waals surface area contributed by atoms with Crippen LogP contribution in [0.4, 0.5) is 0 Å². The predicted molar refractivity (Wildman–Crippen MR) is 82.5 cm³/mol. The van der Waals surface area contributed by atoms with Crippen LogP contribution in [0.1, 0.15) is 41.5 Å². The molecule has 1 aromatic rings. The van der Waals surface area contributed by atoms with E-state index in [1.165, 1.54) is 4.31 Å². The largest absolute Gasteiger partial charge is 0.243 e. The molecule has 0 heterocycles. The number of hydrogen-bond donors (Lipinski definition) is 0. The lowest BCUT2D eigenvalue weighted by molar-refractivity contribution is 0.410. The normalized spacial score (nSPS) is 15.2. The van der Waals surface area contributed by atoms with Crippen molar-refractivity contribution in [3.8, 4) is 6.07 Å². The van der Waals surface area contributed by atoms with Crippen molar-refractivity contribution in [1.29, 1.82) is 5.26 Å². The molecule has 0 bridgehead atoms. The summed E-state index contributed by atoms with van der Waals surface area (Å²) in [5, 5.41) is 8.78. The molecule has 21 heavy (non-hydrogen) atoms. The second-order valence-electron chi connectivity index (χ2n) is 5.84. The van der Waals surface area contributed by atoms with Gasteiger partial charge in [0.05, 0.1) is 11.0 Å². The van der Waals surface area contributed by atoms with Crippen LogP contribution < -0.4 is 0 Å². The quantitative estimate of drug-likeness (QED) is 0.840. The maximum Gasteiger partial charge on any atom is 0.243 e. The summed E-state index contributed by atoms with van der Waals surface area (Å²) >= 11 is 0. The fourth-order valence-electron chi connectivity index (χ4n) is 2.71. The van der Waals surface area contributed by atoms with Crippen LogP contribution in [0.25, 0.3) is 0 Å². The van der Waals surface area contributed by atoms with Gasteiger partial charge >= 0.3 is 0 Å². The monoisotopic (exact) mass is 306 g/mol. The molecule has 0 N–H and O–H groups in total. The Morgan fingerprint density at radius 2 is 1.71 bits per heavy atom. The second kappa shape index (κ2) is 5.78. The lowest BCUT2D eigenvalue weighted by Gasteiger charge is -2.24. The third-order valence-corrected chi connectivity index (χ3v) is 6.49. The van der Waals surface area contributed by atoms with Crippen LogP contribution >= 0.6 is 0 Å². The van der Waals surface area contributed by atoms with Gasteiger partial charge < -0.3 is 0 Å². The van der Waals surface area contributed by atoms with Gasteiger partial charge in [-0.3, -0.25) is 0 Å². The molecule has 0 aliphatic heterocycles. The molecule has 0 amide bonds. The van der Waals surface area contributed by atoms with Crippen LogP contribution in [0.2, 0.25) is 0 Å². The second-order valence-corrected chi connectivity index (χ2v) is 7.67. The standard InChI is InChI=1S/C16H22N2O2S/c1-11-10-12(2)14(4)16(13(11)3)21(19,20)18(9-5-8-17)15-6-7-15/h10,15H,5-7,9H2,1-4H3. The maximum atomic E-state index is 13.1. The zero-order chi connectivity index (χ0) is 15.8. The first kappa shape index (κ1) is 16.0. The zero-order valence-electron chi connectivity index (χ0n) is 13.1. The van der Waals surface area contributed by atoms with E-state index in [9.17, 15) is 8.42 Å². The fourth-order valence-corrected chi connectivity index (χ4v) is 4.97. The number of rotatable bonds is 5. The van der Waals surface area contributed by atoms with E-state index in [-0.39, 0.29) is 19.0 Å². The van der Waals surface area contributed by atoms with Gasteiger partial charge in [0.1, 0.15) is 0 Å². The molecule has 2 rings (SSSR count). The van der Waals surface area contributed by atoms with Gasteiger partial charge in [-0.2, -0.15) is 9.57 Å². The smallest absolute Gasteiger partial charge is 0.207 e. The van der Waals surface area contributed by atoms with Crippen LogP contribution in [-0.4, -0.2) is 25.3 Å². The summed E-state index contributed by atoms with van der Waals surface area (Å²) in [6.45, 7) is 7.90. The van der Waals surface area contributed by atoms with E-state index in [4.69, 9.17) is 5.26 Å². The SMILES string of the molecule is Cc1cc(C)c(C)c(S(=O)(=O)N(CCC#N)C2CC2)c1C. The summed E-state index contributed by atoms with van der Waals surface area (Å²) in [4.78, 5) is 0.435. The van der Waals surface area contributed by atoms with Crippen molar-refractivity contribution < 1.29 is 8.42 Å². The summed E-state index contributed by atoms with van der Waals surface area (Å²) < 4.78 is 27.7. The lowest BCUT2D eigenvalue weighted by Crippen LogP contribution is -2.35. The molecule has 1 aromatic carbocycles. The topological polar surface area (TPSA) is 61.2 Å². The van der Waals surface area contributed by atoms with Gasteiger partial charge in [0, 0.05) is 19.0 Å². The highest BCUT2D eigenvalue weighted by Gasteiger charge is 2.39. The lowest BCUT2D eigenvalue weighted by atomic mass is 10.0. The Labute approximate surface area is 127 Å². The van der Waals surface area contributed by atoms with Crippen LogP contribution in [0.5, 0.6) is 0 Å². The molecular weight excluding hydrogens is 284 g/mol. The summed E-state index contributed by atoms with van der Waals surface area (Å²) in [7, 11) is -3.53. The minimum Gasteiger partial charge on any atom is -0.207 e. The Balaban J connectivity index is 2.55. The average molecular weight is 306 g/mol. The van der Waals surface area contributed by atoms with Crippen molar-refractivity contribution in [3.63, 3.8) is 0 Å². The molecule has 0 radical (unpaired) electrons. The number of sulfonamides is 1. The molecule has 1 fully saturated rings. The van der Waals surface area contributed by atoms with Gasteiger partial charge in [0.15, 0.2) is 0 Å². The van der Waals surface area contributed by atoms with Crippen molar-refractivity contribution in [3.05, 3.63) is 28.3 Å². The molecule has 0 saturated heterocycles. The Hall–Kier alpha value is -1.38. The summed E-state index contributed by atoms with van der Waals surface area (Å²) in [6, 6.07) is 4.15. The van der Waals surface area contributed by atoms with E-state index < -0.39 is 10.0 Å². The average Bonchev–Trinajstić information content (AvgIpc) is 3.21. The highest BCUT2D eigenvalue weighted by Crippen LogP contribution is 2.35. The third-order valence-electron chi connectivity index (χ3n) is 4.26. The van der Waals surface area contributed by atoms with E-state index in [2.05, 4.69) is 6.07 Å². The number of aryl methyl sites for hydroxylation is 2. The van der Waals surface area contributed by atoms with Crippen molar-refractivity contribution in [2.75, 3.05) is 6.54 Å². The molecule has 0 aromatic heterocycles. The number of nitrogens with zero attached hydrogens (tertiary/aromatic N) is 2. The van der Waals surface area contributed by atoms with E-state index in [0.717, 1.165) is 35.1 Å². The zero-order valence-corrected chi connectivity index (χ0v) is 13.9. The molecule has 0 atom stereocenters. The van der Waals surface area contributed by atoms with E-state index in [1.54, 1.807) is 0 Å². The van der Waals surface area contributed by atoms with Crippen molar-refractivity contribution >= 4 is 10.0 Å². The summed E-state index contributed by atoms with van der Waals surface area (Å²) in [6.07, 6.45) is 2.03. The first-order chi connectivity index (χ1) is 9.80. The molecule has 114 valence electrons. The Morgan fingerprint density at radius 1 is 1.19 bits per heavy atom. The highest BCUT2D eigenvalue weighted by atomic mass is 32.2. The van der Waals surface area contributed by atoms with Gasteiger partial charge in [-0.1, -0.05) is 6.07 Å². The van der Waals surface area contributed by atoms with Gasteiger partial charge in [0.25, 0.3) is 0 Å². The summed E-state index contributed by atoms with van der Waals surface area (Å²) in [5.74, 6) is 0. The van der Waals surface area contributed by atoms with Gasteiger partial charge in [0.2, 0.25) is 10.0 Å². The highest BCUT2D eigenvalue weighted by molar-refractivity contribution is 7.89. The van der Waals surface area contributed by atoms with Crippen LogP contribution in [0.15, 0.2) is 11.0 Å². The third kappa shape index (κ3) is 2.97. The van der Waals surface area contributed by atoms with Crippen molar-refractivity contribution in [1.82, 2.24) is 4.31 Å². The fraction of sp³-hybridized carbons (Fsp3) is 0.562. The maximum absolute atomic E-state index is 13.1. The van der Waals surface area contributed by atoms with E-state index >= 15 is 0 Å².